The van der Waals surface area contributed by atoms with Gasteiger partial charge in [-0.15, -0.1) is 0 Å². The van der Waals surface area contributed by atoms with Gasteiger partial charge in [-0.1, -0.05) is 18.2 Å². The summed E-state index contributed by atoms with van der Waals surface area (Å²) in [4.78, 5) is 11.2. The second kappa shape index (κ2) is 4.16. The average Bonchev–Trinajstić information content (AvgIpc) is 2.30. The van der Waals surface area contributed by atoms with Gasteiger partial charge in [-0.2, -0.15) is 20.5 Å². The van der Waals surface area contributed by atoms with Gasteiger partial charge in [0.1, 0.15) is 5.71 Å². The van der Waals surface area contributed by atoms with Gasteiger partial charge >= 0.3 is 0 Å². The Hall–Kier alpha value is -2.79. The van der Waals surface area contributed by atoms with Crippen molar-refractivity contribution in [3.63, 3.8) is 0 Å². The highest BCUT2D eigenvalue weighted by atomic mass is 14.9. The van der Waals surface area contributed by atoms with E-state index in [1.165, 1.54) is 0 Å². The van der Waals surface area contributed by atoms with Crippen LogP contribution in [0.4, 0.5) is 0 Å². The van der Waals surface area contributed by atoms with Gasteiger partial charge < -0.3 is 0 Å². The standard InChI is InChI=1S/C11H5N5/c12-6-14-10-5-8-3-1-2-4-9(8)16-11(10)15-7-13/h1-5H. The topological polar surface area (TPSA) is 84.7 Å². The maximum absolute atomic E-state index is 8.52. The molecule has 0 saturated heterocycles. The first-order valence-electron chi connectivity index (χ1n) is 4.44. The molecule has 0 aliphatic carbocycles. The van der Waals surface area contributed by atoms with E-state index in [9.17, 15) is 0 Å². The van der Waals surface area contributed by atoms with Crippen molar-refractivity contribution in [1.82, 2.24) is 0 Å². The van der Waals surface area contributed by atoms with Crippen molar-refractivity contribution >= 4 is 17.6 Å². The molecular formula is C11H5N5. The molecule has 0 fully saturated rings. The summed E-state index contributed by atoms with van der Waals surface area (Å²) in [7, 11) is 0. The quantitative estimate of drug-likeness (QED) is 0.556. The van der Waals surface area contributed by atoms with Gasteiger partial charge in [-0.05, 0) is 12.1 Å². The number of rotatable bonds is 0. The second-order valence-electron chi connectivity index (χ2n) is 2.95. The molecule has 2 rings (SSSR count). The normalized spacial score (nSPS) is 17.9. The number of para-hydroxylation sites is 1. The third kappa shape index (κ3) is 1.70. The molecule has 0 unspecified atom stereocenters. The van der Waals surface area contributed by atoms with Crippen LogP contribution in [0.2, 0.25) is 0 Å². The first-order valence-corrected chi connectivity index (χ1v) is 4.44. The first kappa shape index (κ1) is 9.75. The fraction of sp³-hybridized carbons (Fsp3) is 0. The molecule has 0 amide bonds. The predicted molar refractivity (Wildman–Crippen MR) is 57.8 cm³/mol. The smallest absolute Gasteiger partial charge is 0.207 e. The van der Waals surface area contributed by atoms with Gasteiger partial charge in [0.15, 0.2) is 5.84 Å². The summed E-state index contributed by atoms with van der Waals surface area (Å²) in [5.74, 6) is 0.169. The van der Waals surface area contributed by atoms with Gasteiger partial charge in [0, 0.05) is 5.22 Å². The summed E-state index contributed by atoms with van der Waals surface area (Å²) in [6.45, 7) is 0. The third-order valence-electron chi connectivity index (χ3n) is 2.01. The molecule has 5 nitrogen and oxygen atoms in total. The van der Waals surface area contributed by atoms with Crippen molar-refractivity contribution in [3.05, 3.63) is 34.8 Å². The summed E-state index contributed by atoms with van der Waals surface area (Å²) in [5.41, 5.74) is 0.308. The molecule has 1 aliphatic rings. The zero-order chi connectivity index (χ0) is 11.4. The highest BCUT2D eigenvalue weighted by Gasteiger charge is 2.09. The molecule has 1 aromatic rings. The summed E-state index contributed by atoms with van der Waals surface area (Å²) < 4.78 is 0. The number of hydrogen-bond acceptors (Lipinski definition) is 4. The van der Waals surface area contributed by atoms with Gasteiger partial charge in [0.05, 0.1) is 5.36 Å². The Balaban J connectivity index is 2.76. The number of nitriles is 2. The van der Waals surface area contributed by atoms with Crippen LogP contribution in [0.15, 0.2) is 39.2 Å². The number of fused-ring (bicyclic) bond motifs is 1. The molecule has 1 heterocycles. The van der Waals surface area contributed by atoms with Gasteiger partial charge in [-0.3, -0.25) is 0 Å². The van der Waals surface area contributed by atoms with Crippen LogP contribution in [0.1, 0.15) is 0 Å². The van der Waals surface area contributed by atoms with Crippen LogP contribution in [0, 0.1) is 22.9 Å². The van der Waals surface area contributed by atoms with Crippen LogP contribution in [-0.2, 0) is 0 Å². The Morgan fingerprint density at radius 3 is 2.56 bits per heavy atom. The van der Waals surface area contributed by atoms with Crippen LogP contribution >= 0.6 is 0 Å². The molecule has 0 N–H and O–H groups in total. The molecular weight excluding hydrogens is 202 g/mol. The minimum atomic E-state index is 0.169. The minimum absolute atomic E-state index is 0.169. The molecule has 0 saturated carbocycles. The third-order valence-corrected chi connectivity index (χ3v) is 2.01. The molecule has 1 aliphatic heterocycles. The van der Waals surface area contributed by atoms with E-state index in [4.69, 9.17) is 10.5 Å². The van der Waals surface area contributed by atoms with Crippen LogP contribution in [0.3, 0.4) is 0 Å². The Kier molecular flexibility index (Phi) is 2.53. The molecule has 74 valence electrons. The highest BCUT2D eigenvalue weighted by molar-refractivity contribution is 6.53. The lowest BCUT2D eigenvalue weighted by Crippen LogP contribution is -2.33. The second-order valence-corrected chi connectivity index (χ2v) is 2.95. The molecule has 0 spiro atoms. The van der Waals surface area contributed by atoms with Crippen molar-refractivity contribution in [1.29, 1.82) is 10.5 Å². The van der Waals surface area contributed by atoms with E-state index in [-0.39, 0.29) is 5.84 Å². The number of benzene rings is 1. The summed E-state index contributed by atoms with van der Waals surface area (Å²) in [6.07, 6.45) is 4.99. The van der Waals surface area contributed by atoms with Crippen molar-refractivity contribution < 1.29 is 0 Å². The lowest BCUT2D eigenvalue weighted by atomic mass is 10.2. The average molecular weight is 207 g/mol. The molecule has 0 atom stereocenters. The largest absolute Gasteiger partial charge is 0.226 e. The maximum Gasteiger partial charge on any atom is 0.207 e. The fourth-order valence-electron chi connectivity index (χ4n) is 1.36. The van der Waals surface area contributed by atoms with Crippen molar-refractivity contribution in [2.45, 2.75) is 0 Å². The highest BCUT2D eigenvalue weighted by Crippen LogP contribution is 1.93. The lowest BCUT2D eigenvalue weighted by molar-refractivity contribution is 1.32. The molecule has 16 heavy (non-hydrogen) atoms. The van der Waals surface area contributed by atoms with E-state index in [1.54, 1.807) is 18.5 Å². The number of amidine groups is 1. The van der Waals surface area contributed by atoms with Crippen LogP contribution < -0.4 is 10.6 Å². The lowest BCUT2D eigenvalue weighted by Gasteiger charge is -2.02. The van der Waals surface area contributed by atoms with E-state index in [2.05, 4.69) is 15.0 Å². The van der Waals surface area contributed by atoms with E-state index in [0.717, 1.165) is 5.22 Å². The van der Waals surface area contributed by atoms with Crippen molar-refractivity contribution in [2.24, 2.45) is 15.0 Å². The van der Waals surface area contributed by atoms with Crippen LogP contribution in [0.25, 0.3) is 6.08 Å². The van der Waals surface area contributed by atoms with Crippen LogP contribution in [0.5, 0.6) is 0 Å². The molecule has 0 radical (unpaired) electrons. The maximum atomic E-state index is 8.52. The Bertz CT molecular complexity index is 621. The zero-order valence-electron chi connectivity index (χ0n) is 8.12. The van der Waals surface area contributed by atoms with Gasteiger partial charge in [0.2, 0.25) is 12.4 Å². The zero-order valence-corrected chi connectivity index (χ0v) is 8.12. The SMILES string of the molecule is N#CN=C1C=c2ccccc2=NC1=NC#N. The van der Waals surface area contributed by atoms with E-state index >= 15 is 0 Å². The van der Waals surface area contributed by atoms with Gasteiger partial charge in [0.25, 0.3) is 0 Å². The fourth-order valence-corrected chi connectivity index (χ4v) is 1.36. The molecule has 0 bridgehead atoms. The molecule has 0 aromatic heterocycles. The monoisotopic (exact) mass is 207 g/mol. The van der Waals surface area contributed by atoms with Crippen LogP contribution in [-0.4, -0.2) is 11.5 Å². The minimum Gasteiger partial charge on any atom is -0.226 e. The number of aliphatic imine (C=N–C) groups is 2. The predicted octanol–water partition coefficient (Wildman–Crippen LogP) is -0.0980. The van der Waals surface area contributed by atoms with Crippen molar-refractivity contribution in [2.75, 3.05) is 0 Å². The number of hydrogen-bond donors (Lipinski definition) is 0. The van der Waals surface area contributed by atoms with E-state index < -0.39 is 0 Å². The Morgan fingerprint density at radius 1 is 1.06 bits per heavy atom. The summed E-state index contributed by atoms with van der Waals surface area (Å²) in [5, 5.41) is 18.6. The van der Waals surface area contributed by atoms with Crippen molar-refractivity contribution in [3.8, 4) is 12.4 Å². The number of nitrogens with zero attached hydrogens (tertiary/aromatic N) is 5. The Labute approximate surface area is 91.0 Å². The summed E-state index contributed by atoms with van der Waals surface area (Å²) in [6, 6.07) is 7.37. The Morgan fingerprint density at radius 2 is 1.81 bits per heavy atom. The first-order chi connectivity index (χ1) is 7.85. The van der Waals surface area contributed by atoms with Gasteiger partial charge in [-0.25, -0.2) is 4.99 Å². The summed E-state index contributed by atoms with van der Waals surface area (Å²) >= 11 is 0. The molecule has 1 aromatic carbocycles. The molecule has 5 heteroatoms. The van der Waals surface area contributed by atoms with E-state index in [0.29, 0.717) is 11.1 Å². The van der Waals surface area contributed by atoms with E-state index in [1.807, 2.05) is 24.3 Å².